The zero-order chi connectivity index (χ0) is 14.5. The first-order chi connectivity index (χ1) is 9.65. The molecule has 6 nitrogen and oxygen atoms in total. The lowest BCUT2D eigenvalue weighted by Crippen LogP contribution is -2.33. The van der Waals surface area contributed by atoms with Crippen molar-refractivity contribution in [2.75, 3.05) is 5.75 Å². The molecule has 0 spiro atoms. The lowest BCUT2D eigenvalue weighted by Gasteiger charge is -2.12. The fourth-order valence-corrected chi connectivity index (χ4v) is 3.03. The highest BCUT2D eigenvalue weighted by Crippen LogP contribution is 2.38. The molecule has 1 amide bonds. The van der Waals surface area contributed by atoms with E-state index < -0.39 is 0 Å². The van der Waals surface area contributed by atoms with Crippen LogP contribution in [-0.4, -0.2) is 32.5 Å². The molecule has 0 saturated heterocycles. The van der Waals surface area contributed by atoms with Crippen molar-refractivity contribution >= 4 is 17.7 Å². The summed E-state index contributed by atoms with van der Waals surface area (Å²) in [5.41, 5.74) is 5.67. The fraction of sp³-hybridized carbons (Fsp3) is 0.769. The minimum Gasteiger partial charge on any atom is -0.353 e. The molecule has 0 bridgehead atoms. The third kappa shape index (κ3) is 3.96. The number of nitrogens with two attached hydrogens (primary N) is 1. The number of amides is 1. The Balaban J connectivity index is 1.87. The molecule has 0 radical (unpaired) electrons. The maximum atomic E-state index is 11.9. The number of nitrogens with one attached hydrogen (secondary N) is 1. The largest absolute Gasteiger partial charge is 0.353 e. The highest BCUT2D eigenvalue weighted by molar-refractivity contribution is 7.99. The van der Waals surface area contributed by atoms with Crippen LogP contribution in [0.5, 0.6) is 0 Å². The molecule has 0 aliphatic heterocycles. The van der Waals surface area contributed by atoms with E-state index in [1.54, 1.807) is 0 Å². The normalized spacial score (nSPS) is 16.1. The van der Waals surface area contributed by atoms with Gasteiger partial charge in [0, 0.05) is 12.1 Å². The summed E-state index contributed by atoms with van der Waals surface area (Å²) < 4.78 is 2.09. The predicted molar refractivity (Wildman–Crippen MR) is 79.4 cm³/mol. The van der Waals surface area contributed by atoms with Gasteiger partial charge in [-0.25, -0.2) is 0 Å². The van der Waals surface area contributed by atoms with Gasteiger partial charge in [-0.05, 0) is 26.2 Å². The Morgan fingerprint density at radius 1 is 1.55 bits per heavy atom. The topological polar surface area (TPSA) is 85.8 Å². The predicted octanol–water partition coefficient (Wildman–Crippen LogP) is 1.47. The quantitative estimate of drug-likeness (QED) is 0.710. The molecule has 1 heterocycles. The second kappa shape index (κ2) is 7.08. The van der Waals surface area contributed by atoms with E-state index in [0.717, 1.165) is 36.7 Å². The zero-order valence-corrected chi connectivity index (χ0v) is 12.9. The molecule has 1 aliphatic rings. The van der Waals surface area contributed by atoms with Gasteiger partial charge in [-0.15, -0.1) is 10.2 Å². The second-order valence-electron chi connectivity index (χ2n) is 5.25. The highest BCUT2D eigenvalue weighted by atomic mass is 32.2. The van der Waals surface area contributed by atoms with Crippen molar-refractivity contribution in [3.8, 4) is 0 Å². The lowest BCUT2D eigenvalue weighted by atomic mass is 10.2. The second-order valence-corrected chi connectivity index (χ2v) is 6.19. The number of hydrogen-bond donors (Lipinski definition) is 2. The van der Waals surface area contributed by atoms with E-state index in [-0.39, 0.29) is 11.9 Å². The van der Waals surface area contributed by atoms with Crippen LogP contribution in [0.3, 0.4) is 0 Å². The van der Waals surface area contributed by atoms with Gasteiger partial charge in [0.15, 0.2) is 5.16 Å². The number of hydrogen-bond acceptors (Lipinski definition) is 5. The molecule has 0 aromatic carbocycles. The molecular weight excluding hydrogens is 274 g/mol. The first-order valence-corrected chi connectivity index (χ1v) is 8.20. The van der Waals surface area contributed by atoms with E-state index in [1.165, 1.54) is 11.8 Å². The maximum absolute atomic E-state index is 11.9. The van der Waals surface area contributed by atoms with E-state index in [1.807, 2.05) is 6.92 Å². The Hall–Kier alpha value is -1.08. The van der Waals surface area contributed by atoms with Gasteiger partial charge in [0.05, 0.1) is 12.3 Å². The summed E-state index contributed by atoms with van der Waals surface area (Å²) >= 11 is 1.44. The average Bonchev–Trinajstić information content (AvgIpc) is 3.16. The number of nitrogens with zero attached hydrogens (tertiary/aromatic N) is 3. The number of thioether (sulfide) groups is 1. The summed E-state index contributed by atoms with van der Waals surface area (Å²) in [4.78, 5) is 11.9. The van der Waals surface area contributed by atoms with Crippen LogP contribution in [0.15, 0.2) is 5.16 Å². The number of carbonyl (C=O) groups excluding carboxylic acids is 1. The Bertz CT molecular complexity index is 458. The first-order valence-electron chi connectivity index (χ1n) is 7.21. The minimum atomic E-state index is 0.0515. The highest BCUT2D eigenvalue weighted by Gasteiger charge is 2.29. The summed E-state index contributed by atoms with van der Waals surface area (Å²) in [5.74, 6) is 1.24. The maximum Gasteiger partial charge on any atom is 0.230 e. The molecule has 1 aromatic rings. The van der Waals surface area contributed by atoms with Crippen LogP contribution in [0, 0.1) is 0 Å². The van der Waals surface area contributed by atoms with Crippen molar-refractivity contribution in [2.45, 2.75) is 63.3 Å². The monoisotopic (exact) mass is 297 g/mol. The summed E-state index contributed by atoms with van der Waals surface area (Å²) in [7, 11) is 0. The van der Waals surface area contributed by atoms with Crippen LogP contribution in [0.25, 0.3) is 0 Å². The van der Waals surface area contributed by atoms with E-state index in [0.29, 0.717) is 18.3 Å². The fourth-order valence-electron chi connectivity index (χ4n) is 2.20. The molecule has 1 fully saturated rings. The van der Waals surface area contributed by atoms with Crippen LogP contribution >= 0.6 is 11.8 Å². The minimum absolute atomic E-state index is 0.0515. The Morgan fingerprint density at radius 2 is 2.30 bits per heavy atom. The molecule has 7 heteroatoms. The molecule has 20 heavy (non-hydrogen) atoms. The summed E-state index contributed by atoms with van der Waals surface area (Å²) in [6.45, 7) is 4.54. The van der Waals surface area contributed by atoms with Crippen molar-refractivity contribution in [3.05, 3.63) is 5.82 Å². The van der Waals surface area contributed by atoms with Crippen LogP contribution in [0.1, 0.15) is 51.4 Å². The van der Waals surface area contributed by atoms with Crippen molar-refractivity contribution in [3.63, 3.8) is 0 Å². The van der Waals surface area contributed by atoms with Crippen LogP contribution in [-0.2, 0) is 11.3 Å². The van der Waals surface area contributed by atoms with Crippen molar-refractivity contribution in [2.24, 2.45) is 5.73 Å². The third-order valence-electron chi connectivity index (χ3n) is 3.29. The summed E-state index contributed by atoms with van der Waals surface area (Å²) in [5, 5.41) is 12.1. The molecule has 1 saturated carbocycles. The molecule has 1 atom stereocenters. The van der Waals surface area contributed by atoms with Gasteiger partial charge in [0.2, 0.25) is 5.91 Å². The summed E-state index contributed by atoms with van der Waals surface area (Å²) in [6, 6.07) is 0.710. The van der Waals surface area contributed by atoms with Gasteiger partial charge < -0.3 is 15.6 Å². The van der Waals surface area contributed by atoms with Gasteiger partial charge in [0.1, 0.15) is 5.82 Å². The smallest absolute Gasteiger partial charge is 0.230 e. The molecule has 112 valence electrons. The molecule has 1 unspecified atom stereocenters. The number of carbonyl (C=O) groups is 1. The lowest BCUT2D eigenvalue weighted by molar-refractivity contribution is -0.119. The number of rotatable bonds is 8. The molecule has 3 N–H and O–H groups in total. The van der Waals surface area contributed by atoms with Crippen LogP contribution in [0.4, 0.5) is 0 Å². The van der Waals surface area contributed by atoms with Crippen molar-refractivity contribution in [1.82, 2.24) is 20.1 Å². The van der Waals surface area contributed by atoms with Crippen molar-refractivity contribution in [1.29, 1.82) is 0 Å². The van der Waals surface area contributed by atoms with Gasteiger partial charge in [-0.3, -0.25) is 4.79 Å². The molecular formula is C13H23N5OS. The van der Waals surface area contributed by atoms with E-state index in [9.17, 15) is 4.79 Å². The SMILES string of the molecule is CCCC(C)NC(=O)CSc1nnc(CN)n1C1CC1. The molecule has 1 aliphatic carbocycles. The Labute approximate surface area is 123 Å². The van der Waals surface area contributed by atoms with Crippen molar-refractivity contribution < 1.29 is 4.79 Å². The van der Waals surface area contributed by atoms with Gasteiger partial charge in [-0.2, -0.15) is 0 Å². The van der Waals surface area contributed by atoms with E-state index >= 15 is 0 Å². The molecule has 2 rings (SSSR count). The first kappa shape index (κ1) is 15.3. The Morgan fingerprint density at radius 3 is 2.90 bits per heavy atom. The van der Waals surface area contributed by atoms with Crippen LogP contribution < -0.4 is 11.1 Å². The average molecular weight is 297 g/mol. The number of aromatic nitrogens is 3. The zero-order valence-electron chi connectivity index (χ0n) is 12.1. The van der Waals surface area contributed by atoms with Gasteiger partial charge in [0.25, 0.3) is 0 Å². The third-order valence-corrected chi connectivity index (χ3v) is 4.23. The molecule has 1 aromatic heterocycles. The van der Waals surface area contributed by atoms with Gasteiger partial charge in [-0.1, -0.05) is 25.1 Å². The van der Waals surface area contributed by atoms with Crippen LogP contribution in [0.2, 0.25) is 0 Å². The Kier molecular flexibility index (Phi) is 5.42. The standard InChI is InChI=1S/C13H23N5OS/c1-3-4-9(2)15-12(19)8-20-13-17-16-11(7-14)18(13)10-5-6-10/h9-10H,3-8,14H2,1-2H3,(H,15,19). The van der Waals surface area contributed by atoms with Gasteiger partial charge >= 0.3 is 0 Å². The van der Waals surface area contributed by atoms with E-state index in [2.05, 4.69) is 27.0 Å². The van der Waals surface area contributed by atoms with E-state index in [4.69, 9.17) is 5.73 Å². The summed E-state index contributed by atoms with van der Waals surface area (Å²) in [6.07, 6.45) is 4.38.